The molecule has 31 heteroatoms. The smallest absolute Gasteiger partial charge is 0.481 e. The fourth-order valence-electron chi connectivity index (χ4n) is 5.50. The summed E-state index contributed by atoms with van der Waals surface area (Å²) in [6.07, 6.45) is -4.30. The first kappa shape index (κ1) is 51.6. The molecule has 350 valence electrons. The fourth-order valence-corrected chi connectivity index (χ4v) is 8.90. The lowest BCUT2D eigenvalue weighted by atomic mass is 9.87. The van der Waals surface area contributed by atoms with E-state index in [1.807, 2.05) is 0 Å². The number of fused-ring (bicyclic) bond motifs is 1. The molecule has 0 spiro atoms. The van der Waals surface area contributed by atoms with Crippen LogP contribution in [-0.2, 0) is 50.7 Å². The third-order valence-electron chi connectivity index (χ3n) is 8.66. The first-order valence-electron chi connectivity index (χ1n) is 18.1. The molecule has 1 aromatic carbocycles. The normalized spacial score (nSPS) is 20.5. The van der Waals surface area contributed by atoms with Gasteiger partial charge < -0.3 is 65.5 Å². The topological polar surface area (TPSA) is 402 Å². The minimum absolute atomic E-state index is 0.0204. The number of carbonyl (C=O) groups excluding carboxylic acids is 3. The van der Waals surface area contributed by atoms with Gasteiger partial charge in [0.25, 0.3) is 0 Å². The Morgan fingerprint density at radius 2 is 1.67 bits per heavy atom. The number of aromatic nitrogens is 4. The molecule has 2 amide bonds. The van der Waals surface area contributed by atoms with Crippen LogP contribution in [0.3, 0.4) is 0 Å². The van der Waals surface area contributed by atoms with Crippen LogP contribution in [0.2, 0.25) is 0 Å². The van der Waals surface area contributed by atoms with Gasteiger partial charge in [-0.25, -0.2) is 28.6 Å². The number of aromatic hydroxyl groups is 1. The van der Waals surface area contributed by atoms with Gasteiger partial charge in [-0.1, -0.05) is 31.7 Å². The number of benzene rings is 1. The third-order valence-corrected chi connectivity index (χ3v) is 12.6. The van der Waals surface area contributed by atoms with E-state index in [1.165, 1.54) is 52.4 Å². The lowest BCUT2D eigenvalue weighted by Crippen LogP contribution is -2.46. The fraction of sp³-hybridized carbons (Fsp3) is 0.500. The van der Waals surface area contributed by atoms with E-state index >= 15 is 0 Å². The Kier molecular flexibility index (Phi) is 17.8. The number of hydrogen-bond donors (Lipinski definition) is 10. The summed E-state index contributed by atoms with van der Waals surface area (Å²) in [5, 5.41) is 36.1. The summed E-state index contributed by atoms with van der Waals surface area (Å²) >= 11 is 0.914. The zero-order valence-electron chi connectivity index (χ0n) is 33.6. The Balaban J connectivity index is 1.20. The number of rotatable bonds is 23. The van der Waals surface area contributed by atoms with E-state index in [9.17, 15) is 63.0 Å². The molecule has 63 heavy (non-hydrogen) atoms. The standard InChI is InChI=1S/C32H46N7O20P3S/c1-32(2,27(44)30(45)35-8-7-21(40)34-9-10-63-22(41)6-5-17-11-18(53-3)24(42)19(12-17)54-4)14-56-62(51,52)59-61(49,50)55-13-20-26(58-60(46,47)48)25(43)31(57-20)39-16-38-23-28(33)36-15-37-29(23)39/h5-6,11-12,15-16,20,25-27,31,42-44H,7-10,13-14H2,1-4H3,(H,34,40)(H,35,45)(H,49,50)(H,51,52)(H2,33,36,37)(H2,46,47,48)/b6-5+/t20-,25-,26-,27?,31-/m1/s1. The van der Waals surface area contributed by atoms with E-state index in [2.05, 4.69) is 34.4 Å². The van der Waals surface area contributed by atoms with Gasteiger partial charge >= 0.3 is 23.5 Å². The van der Waals surface area contributed by atoms with Gasteiger partial charge in [0.05, 0.1) is 33.8 Å². The maximum atomic E-state index is 12.7. The van der Waals surface area contributed by atoms with Crippen LogP contribution in [-0.4, -0.2) is 142 Å². The number of nitrogen functional groups attached to an aromatic ring is 1. The van der Waals surface area contributed by atoms with Gasteiger partial charge in [0, 0.05) is 30.7 Å². The molecule has 3 aromatic rings. The van der Waals surface area contributed by atoms with Gasteiger partial charge in [-0.2, -0.15) is 4.31 Å². The molecular formula is C32H46N7O20P3S. The number of hydrogen-bond acceptors (Lipinski definition) is 21. The van der Waals surface area contributed by atoms with Gasteiger partial charge in [0.15, 0.2) is 29.2 Å². The minimum atomic E-state index is -5.60. The van der Waals surface area contributed by atoms with Crippen molar-refractivity contribution < 1.29 is 95.1 Å². The summed E-state index contributed by atoms with van der Waals surface area (Å²) in [5.41, 5.74) is 4.74. The summed E-state index contributed by atoms with van der Waals surface area (Å²) in [6.45, 7) is 0.253. The molecule has 0 radical (unpaired) electrons. The van der Waals surface area contributed by atoms with Crippen LogP contribution in [0.25, 0.3) is 17.2 Å². The van der Waals surface area contributed by atoms with Crippen LogP contribution in [0.1, 0.15) is 32.1 Å². The number of phosphoric acid groups is 3. The number of amides is 2. The molecular weight excluding hydrogens is 927 g/mol. The van der Waals surface area contributed by atoms with Crippen LogP contribution in [0, 0.1) is 5.41 Å². The maximum absolute atomic E-state index is 12.7. The number of nitrogens with two attached hydrogens (primary N) is 1. The Bertz CT molecular complexity index is 2270. The van der Waals surface area contributed by atoms with Crippen molar-refractivity contribution in [2.45, 2.75) is 50.9 Å². The van der Waals surface area contributed by atoms with Crippen LogP contribution in [0.5, 0.6) is 17.2 Å². The van der Waals surface area contributed by atoms with Crippen LogP contribution in [0.4, 0.5) is 5.82 Å². The second-order valence-corrected chi connectivity index (χ2v) is 19.2. The molecule has 1 aliphatic rings. The van der Waals surface area contributed by atoms with Gasteiger partial charge in [0.2, 0.25) is 22.7 Å². The number of ether oxygens (including phenoxy) is 3. The van der Waals surface area contributed by atoms with Crippen molar-refractivity contribution in [1.29, 1.82) is 0 Å². The number of methoxy groups -OCH3 is 2. The predicted molar refractivity (Wildman–Crippen MR) is 217 cm³/mol. The number of thioether (sulfide) groups is 1. The molecule has 27 nitrogen and oxygen atoms in total. The molecule has 3 unspecified atom stereocenters. The summed E-state index contributed by atoms with van der Waals surface area (Å²) in [6, 6.07) is 3.01. The number of carbonyl (C=O) groups is 3. The largest absolute Gasteiger partial charge is 0.502 e. The van der Waals surface area contributed by atoms with Gasteiger partial charge in [-0.05, 0) is 23.8 Å². The highest BCUT2D eigenvalue weighted by Gasteiger charge is 2.50. The minimum Gasteiger partial charge on any atom is -0.502 e. The number of aliphatic hydroxyl groups excluding tert-OH is 2. The number of phenolic OH excluding ortho intramolecular Hbond substituents is 1. The third kappa shape index (κ3) is 14.7. The molecule has 3 heterocycles. The number of anilines is 1. The highest BCUT2D eigenvalue weighted by Crippen LogP contribution is 2.61. The highest BCUT2D eigenvalue weighted by atomic mass is 32.2. The first-order chi connectivity index (χ1) is 29.4. The number of aliphatic hydroxyl groups is 2. The van der Waals surface area contributed by atoms with E-state index < -0.39 is 84.6 Å². The summed E-state index contributed by atoms with van der Waals surface area (Å²) < 4.78 is 72.4. The number of phenols is 1. The predicted octanol–water partition coefficient (Wildman–Crippen LogP) is 0.101. The van der Waals surface area contributed by atoms with E-state index in [1.54, 1.807) is 0 Å². The lowest BCUT2D eigenvalue weighted by molar-refractivity contribution is -0.137. The summed E-state index contributed by atoms with van der Waals surface area (Å²) in [5.74, 6) is -1.24. The Labute approximate surface area is 361 Å². The molecule has 4 rings (SSSR count). The average molecular weight is 974 g/mol. The number of nitrogens with zero attached hydrogens (tertiary/aromatic N) is 4. The van der Waals surface area contributed by atoms with Crippen molar-refractivity contribution in [3.05, 3.63) is 36.4 Å². The Morgan fingerprint density at radius 3 is 2.30 bits per heavy atom. The second kappa shape index (κ2) is 21.7. The average Bonchev–Trinajstić information content (AvgIpc) is 3.77. The maximum Gasteiger partial charge on any atom is 0.481 e. The lowest BCUT2D eigenvalue weighted by Gasteiger charge is -2.30. The Hall–Kier alpha value is -4.08. The monoisotopic (exact) mass is 973 g/mol. The first-order valence-corrected chi connectivity index (χ1v) is 23.6. The van der Waals surface area contributed by atoms with Gasteiger partial charge in [-0.15, -0.1) is 0 Å². The number of phosphoric ester groups is 3. The molecule has 1 fully saturated rings. The molecule has 7 atom stereocenters. The number of imidazole rings is 1. The van der Waals surface area contributed by atoms with E-state index in [0.717, 1.165) is 29.0 Å². The van der Waals surface area contributed by atoms with Crippen molar-refractivity contribution in [3.63, 3.8) is 0 Å². The highest BCUT2D eigenvalue weighted by molar-refractivity contribution is 8.14. The quantitative estimate of drug-likeness (QED) is 0.0342. The zero-order chi connectivity index (χ0) is 46.9. The molecule has 2 aromatic heterocycles. The van der Waals surface area contributed by atoms with Crippen molar-refractivity contribution in [3.8, 4) is 17.2 Å². The molecule has 0 bridgehead atoms. The van der Waals surface area contributed by atoms with Crippen LogP contribution in [0.15, 0.2) is 30.9 Å². The summed E-state index contributed by atoms with van der Waals surface area (Å²) in [4.78, 5) is 88.2. The molecule has 0 saturated carbocycles. The molecule has 0 aliphatic carbocycles. The molecule has 1 aliphatic heterocycles. The van der Waals surface area contributed by atoms with Crippen molar-refractivity contribution in [1.82, 2.24) is 30.2 Å². The SMILES string of the molecule is COc1cc(/C=C/C(=O)SCCNC(=O)CCNC(=O)C(O)C(C)(C)COP(=O)(O)OP(=O)(O)OC[C@H]2O[C@@H](n3cnc4c(N)ncnc43)[C@H](O)[C@@H]2OP(=O)(O)O)cc(OC)c1O. The molecule has 11 N–H and O–H groups in total. The second-order valence-electron chi connectivity index (χ2n) is 13.8. The van der Waals surface area contributed by atoms with Crippen molar-refractivity contribution in [2.24, 2.45) is 5.41 Å². The van der Waals surface area contributed by atoms with Crippen LogP contribution < -0.4 is 25.8 Å². The Morgan fingerprint density at radius 1 is 1.02 bits per heavy atom. The van der Waals surface area contributed by atoms with E-state index in [4.69, 9.17) is 29.0 Å². The van der Waals surface area contributed by atoms with Crippen molar-refractivity contribution >= 4 is 75.2 Å². The van der Waals surface area contributed by atoms with Gasteiger partial charge in [0.1, 0.15) is 36.3 Å². The van der Waals surface area contributed by atoms with Crippen molar-refractivity contribution in [2.75, 3.05) is 52.0 Å². The number of nitrogens with one attached hydrogen (secondary N) is 2. The van der Waals surface area contributed by atoms with Crippen LogP contribution >= 0.6 is 35.2 Å². The van der Waals surface area contributed by atoms with Gasteiger partial charge in [-0.3, -0.25) is 32.5 Å². The van der Waals surface area contributed by atoms with E-state index in [0.29, 0.717) is 5.56 Å². The molecule has 1 saturated heterocycles. The van der Waals surface area contributed by atoms with E-state index in [-0.39, 0.29) is 64.6 Å². The summed E-state index contributed by atoms with van der Waals surface area (Å²) in [7, 11) is -13.7. The zero-order valence-corrected chi connectivity index (χ0v) is 37.1.